The fraction of sp³-hybridized carbons (Fsp3) is 0.857. The number of fused-ring (bicyclic) bond motifs is 2. The third-order valence-electron chi connectivity index (χ3n) is 4.61. The summed E-state index contributed by atoms with van der Waals surface area (Å²) in [5.41, 5.74) is 0. The third-order valence-corrected chi connectivity index (χ3v) is 4.61. The molecule has 3 unspecified atom stereocenters. The van der Waals surface area contributed by atoms with Gasteiger partial charge in [-0.15, -0.1) is 0 Å². The van der Waals surface area contributed by atoms with Gasteiger partial charge in [-0.3, -0.25) is 4.79 Å². The average Bonchev–Trinajstić information content (AvgIpc) is 2.92. The second-order valence-corrected chi connectivity index (χ2v) is 5.75. The predicted molar refractivity (Wildman–Crippen MR) is 61.6 cm³/mol. The maximum atomic E-state index is 12.0. The van der Waals surface area contributed by atoms with Gasteiger partial charge >= 0.3 is 5.97 Å². The lowest BCUT2D eigenvalue weighted by Gasteiger charge is -2.26. The molecule has 3 aliphatic carbocycles. The molecule has 0 aromatic heterocycles. The lowest BCUT2D eigenvalue weighted by Crippen LogP contribution is -2.29. The molecule has 0 aromatic rings. The van der Waals surface area contributed by atoms with Crippen LogP contribution in [0, 0.1) is 24.2 Å². The highest BCUT2D eigenvalue weighted by Gasteiger charge is 2.44. The molecule has 3 atom stereocenters. The van der Waals surface area contributed by atoms with Crippen molar-refractivity contribution in [2.24, 2.45) is 17.8 Å². The smallest absolute Gasteiger partial charge is 0.309 e. The van der Waals surface area contributed by atoms with E-state index in [0.717, 1.165) is 12.8 Å². The Hall–Kier alpha value is -0.530. The summed E-state index contributed by atoms with van der Waals surface area (Å²) in [6.07, 6.45) is 12.2. The Bertz CT molecular complexity index is 268. The summed E-state index contributed by atoms with van der Waals surface area (Å²) in [6.45, 7) is 0. The zero-order valence-electron chi connectivity index (χ0n) is 9.86. The van der Waals surface area contributed by atoms with Gasteiger partial charge in [0.15, 0.2) is 0 Å². The van der Waals surface area contributed by atoms with Crippen LogP contribution in [0.1, 0.15) is 51.4 Å². The first-order valence-corrected chi connectivity index (χ1v) is 6.88. The fourth-order valence-electron chi connectivity index (χ4n) is 3.70. The van der Waals surface area contributed by atoms with E-state index < -0.39 is 0 Å². The summed E-state index contributed by atoms with van der Waals surface area (Å²) in [5.74, 6) is 1.55. The number of carbonyl (C=O) groups is 1. The maximum absolute atomic E-state index is 12.0. The van der Waals surface area contributed by atoms with Gasteiger partial charge in [-0.2, -0.15) is 0 Å². The second kappa shape index (κ2) is 4.38. The first-order chi connectivity index (χ1) is 7.83. The van der Waals surface area contributed by atoms with Crippen LogP contribution in [0.5, 0.6) is 0 Å². The van der Waals surface area contributed by atoms with Crippen molar-refractivity contribution in [2.45, 2.75) is 57.5 Å². The van der Waals surface area contributed by atoms with Crippen molar-refractivity contribution in [3.05, 3.63) is 6.42 Å². The predicted octanol–water partition coefficient (Wildman–Crippen LogP) is 3.11. The van der Waals surface area contributed by atoms with Crippen molar-refractivity contribution in [1.29, 1.82) is 0 Å². The molecular formula is C14H21O2. The second-order valence-electron chi connectivity index (χ2n) is 5.75. The van der Waals surface area contributed by atoms with E-state index in [4.69, 9.17) is 4.74 Å². The van der Waals surface area contributed by atoms with Crippen LogP contribution < -0.4 is 0 Å². The average molecular weight is 221 g/mol. The Morgan fingerprint density at radius 1 is 1.06 bits per heavy atom. The summed E-state index contributed by atoms with van der Waals surface area (Å²) in [4.78, 5) is 12.0. The quantitative estimate of drug-likeness (QED) is 0.670. The van der Waals surface area contributed by atoms with Crippen molar-refractivity contribution in [2.75, 3.05) is 0 Å². The van der Waals surface area contributed by atoms with Gasteiger partial charge < -0.3 is 4.74 Å². The van der Waals surface area contributed by atoms with Gasteiger partial charge in [0.25, 0.3) is 0 Å². The van der Waals surface area contributed by atoms with Crippen LogP contribution in [0.4, 0.5) is 0 Å². The van der Waals surface area contributed by atoms with Crippen LogP contribution >= 0.6 is 0 Å². The molecule has 0 heterocycles. The van der Waals surface area contributed by atoms with Crippen LogP contribution in [0.15, 0.2) is 0 Å². The fourth-order valence-corrected chi connectivity index (χ4v) is 3.70. The summed E-state index contributed by atoms with van der Waals surface area (Å²) >= 11 is 0. The number of ether oxygens (including phenoxy) is 1. The Balaban J connectivity index is 1.53. The monoisotopic (exact) mass is 221 g/mol. The lowest BCUT2D eigenvalue weighted by molar-refractivity contribution is -0.155. The van der Waals surface area contributed by atoms with E-state index in [0.29, 0.717) is 11.8 Å². The number of rotatable bonds is 2. The van der Waals surface area contributed by atoms with Crippen molar-refractivity contribution in [3.63, 3.8) is 0 Å². The largest absolute Gasteiger partial charge is 0.462 e. The zero-order chi connectivity index (χ0) is 11.0. The molecule has 3 rings (SSSR count). The number of carbonyl (C=O) groups excluding carboxylic acids is 1. The van der Waals surface area contributed by atoms with E-state index in [1.807, 2.05) is 0 Å². The molecule has 0 spiro atoms. The highest BCUT2D eigenvalue weighted by Crippen LogP contribution is 2.48. The SMILES string of the molecule is O=C(OC1CCCCC1)C1[CH]C2CCC1C2. The molecule has 0 amide bonds. The van der Waals surface area contributed by atoms with Gasteiger partial charge in [0.05, 0.1) is 5.92 Å². The van der Waals surface area contributed by atoms with E-state index in [9.17, 15) is 4.79 Å². The van der Waals surface area contributed by atoms with Gasteiger partial charge in [-0.05, 0) is 63.2 Å². The standard InChI is InChI=1S/C14H21O2/c15-14(16-12-4-2-1-3-5-12)13-9-10-6-7-11(13)8-10/h9-13H,1-8H2. The van der Waals surface area contributed by atoms with Crippen molar-refractivity contribution < 1.29 is 9.53 Å². The molecule has 3 saturated carbocycles. The number of esters is 1. The van der Waals surface area contributed by atoms with Crippen LogP contribution in [0.25, 0.3) is 0 Å². The van der Waals surface area contributed by atoms with Gasteiger partial charge in [0, 0.05) is 0 Å². The Morgan fingerprint density at radius 2 is 1.88 bits per heavy atom. The summed E-state index contributed by atoms with van der Waals surface area (Å²) in [7, 11) is 0. The third kappa shape index (κ3) is 1.99. The molecule has 2 nitrogen and oxygen atoms in total. The van der Waals surface area contributed by atoms with Gasteiger partial charge in [-0.1, -0.05) is 6.42 Å². The minimum Gasteiger partial charge on any atom is -0.462 e. The lowest BCUT2D eigenvalue weighted by atomic mass is 9.89. The molecule has 16 heavy (non-hydrogen) atoms. The van der Waals surface area contributed by atoms with Gasteiger partial charge in [-0.25, -0.2) is 0 Å². The molecule has 1 radical (unpaired) electrons. The molecule has 0 aromatic carbocycles. The first-order valence-electron chi connectivity index (χ1n) is 6.88. The van der Waals surface area contributed by atoms with E-state index >= 15 is 0 Å². The molecule has 2 bridgehead atoms. The number of hydrogen-bond donors (Lipinski definition) is 0. The maximum Gasteiger partial charge on any atom is 0.309 e. The van der Waals surface area contributed by atoms with Crippen LogP contribution in [-0.4, -0.2) is 12.1 Å². The normalized spacial score (nSPS) is 38.9. The highest BCUT2D eigenvalue weighted by atomic mass is 16.5. The molecule has 3 aliphatic rings. The molecule has 3 fully saturated rings. The molecule has 0 aliphatic heterocycles. The Morgan fingerprint density at radius 3 is 2.50 bits per heavy atom. The van der Waals surface area contributed by atoms with E-state index in [1.54, 1.807) is 0 Å². The topological polar surface area (TPSA) is 26.3 Å². The minimum atomic E-state index is 0.0825. The Labute approximate surface area is 97.7 Å². The van der Waals surface area contributed by atoms with E-state index in [2.05, 4.69) is 6.42 Å². The van der Waals surface area contributed by atoms with Crippen LogP contribution in [0.3, 0.4) is 0 Å². The van der Waals surface area contributed by atoms with Gasteiger partial charge in [0.2, 0.25) is 0 Å². The summed E-state index contributed by atoms with van der Waals surface area (Å²) in [6, 6.07) is 0. The highest BCUT2D eigenvalue weighted by molar-refractivity contribution is 5.75. The molecule has 89 valence electrons. The van der Waals surface area contributed by atoms with Crippen molar-refractivity contribution in [1.82, 2.24) is 0 Å². The minimum absolute atomic E-state index is 0.0825. The molecular weight excluding hydrogens is 200 g/mol. The van der Waals surface area contributed by atoms with Crippen LogP contribution in [-0.2, 0) is 9.53 Å². The summed E-state index contributed by atoms with van der Waals surface area (Å²) < 4.78 is 5.66. The van der Waals surface area contributed by atoms with Crippen molar-refractivity contribution >= 4 is 5.97 Å². The van der Waals surface area contributed by atoms with Crippen molar-refractivity contribution in [3.8, 4) is 0 Å². The number of hydrogen-bond acceptors (Lipinski definition) is 2. The Kier molecular flexibility index (Phi) is 2.91. The molecule has 2 heteroatoms. The van der Waals surface area contributed by atoms with Gasteiger partial charge in [0.1, 0.15) is 6.10 Å². The molecule has 0 saturated heterocycles. The first kappa shape index (κ1) is 10.6. The summed E-state index contributed by atoms with van der Waals surface area (Å²) in [5, 5.41) is 0. The van der Waals surface area contributed by atoms with E-state index in [-0.39, 0.29) is 18.0 Å². The van der Waals surface area contributed by atoms with Crippen LogP contribution in [0.2, 0.25) is 0 Å². The van der Waals surface area contributed by atoms with E-state index in [1.165, 1.54) is 38.5 Å². The zero-order valence-corrected chi connectivity index (χ0v) is 9.86. The molecule has 0 N–H and O–H groups in total.